The molecule has 0 aliphatic carbocycles. The summed E-state index contributed by atoms with van der Waals surface area (Å²) in [7, 11) is -2.81. The van der Waals surface area contributed by atoms with Gasteiger partial charge in [-0.3, -0.25) is 10.1 Å². The summed E-state index contributed by atoms with van der Waals surface area (Å²) in [5.41, 5.74) is -0.296. The number of hydrogen-bond acceptors (Lipinski definition) is 6. The predicted molar refractivity (Wildman–Crippen MR) is 47.5 cm³/mol. The zero-order valence-electron chi connectivity index (χ0n) is 7.51. The van der Waals surface area contributed by atoms with Gasteiger partial charge in [-0.2, -0.15) is 0 Å². The summed E-state index contributed by atoms with van der Waals surface area (Å²) in [4.78, 5) is 9.62. The molecule has 0 amide bonds. The van der Waals surface area contributed by atoms with E-state index in [0.29, 0.717) is 0 Å². The maximum atomic E-state index is 10.3. The zero-order valence-corrected chi connectivity index (χ0v) is 12.2. The van der Waals surface area contributed by atoms with Crippen molar-refractivity contribution in [2.75, 3.05) is 0 Å². The Morgan fingerprint density at radius 2 is 2.00 bits per heavy atom. The summed E-state index contributed by atoms with van der Waals surface area (Å²) in [6, 6.07) is 3.25. The molecule has 1 aromatic rings. The molecule has 15 heavy (non-hydrogen) atoms. The van der Waals surface area contributed by atoms with Gasteiger partial charge in [0.1, 0.15) is 16.7 Å². The first-order valence-corrected chi connectivity index (χ1v) is 4.60. The van der Waals surface area contributed by atoms with Gasteiger partial charge in [0, 0.05) is 6.07 Å². The van der Waals surface area contributed by atoms with Gasteiger partial charge in [-0.1, -0.05) is 11.6 Å². The molecule has 0 atom stereocenters. The number of nitrogens with zero attached hydrogens (tertiary/aromatic N) is 1. The first-order valence-electron chi connectivity index (χ1n) is 3.22. The summed E-state index contributed by atoms with van der Waals surface area (Å²) < 4.78 is 24.5. The van der Waals surface area contributed by atoms with Gasteiger partial charge in [0.05, 0.1) is 16.0 Å². The first-order chi connectivity index (χ1) is 6.50. The topological polar surface area (TPSA) is 86.5 Å². The molecule has 0 heterocycles. The molecule has 0 aliphatic heterocycles. The summed E-state index contributed by atoms with van der Waals surface area (Å²) in [6.07, 6.45) is 0. The van der Waals surface area contributed by atoms with E-state index in [2.05, 4.69) is 4.18 Å². The molecule has 76 valence electrons. The Balaban J connectivity index is 0.00000196. The Kier molecular flexibility index (Phi) is 6.92. The predicted octanol–water partition coefficient (Wildman–Crippen LogP) is -1.14. The molecule has 1 rings (SSSR count). The number of halogens is 1. The normalized spacial score (nSPS) is 9.47. The number of nitro groups is 1. The largest absolute Gasteiger partial charge is 1.00 e. The number of nitro benzene ring substituents is 1. The van der Waals surface area contributed by atoms with Crippen molar-refractivity contribution in [3.63, 3.8) is 0 Å². The summed E-state index contributed by atoms with van der Waals surface area (Å²) in [5.74, 6) is -0.269. The molecule has 0 aromatic heterocycles. The van der Waals surface area contributed by atoms with Crippen LogP contribution < -0.4 is 55.6 Å². The van der Waals surface area contributed by atoms with Crippen molar-refractivity contribution in [1.82, 2.24) is 0 Å². The second kappa shape index (κ2) is 6.79. The average molecular weight is 276 g/mol. The van der Waals surface area contributed by atoms with Gasteiger partial charge in [0.25, 0.3) is 5.69 Å². The molecule has 0 N–H and O–H groups in total. The maximum Gasteiger partial charge on any atom is 1.00 e. The SMILES string of the molecule is O=[N+]([O-])c1ccc(Cl)c(O[S-](=O)=O)c1.[K+]. The van der Waals surface area contributed by atoms with Crippen LogP contribution in [-0.2, 0) is 19.4 Å². The van der Waals surface area contributed by atoms with E-state index in [1.807, 2.05) is 0 Å². The van der Waals surface area contributed by atoms with E-state index in [9.17, 15) is 18.5 Å². The van der Waals surface area contributed by atoms with E-state index in [1.165, 1.54) is 6.07 Å². The molecule has 0 radical (unpaired) electrons. The molecule has 0 aliphatic rings. The monoisotopic (exact) mass is 275 g/mol. The standard InChI is InChI=1S/C6H3ClNO5S.K/c7-5-2-1-4(8(9)10)3-6(5)13-14(11)12;/h1-3H;/q-1;+1. The third kappa shape index (κ3) is 4.77. The molecule has 0 fully saturated rings. The Morgan fingerprint density at radius 1 is 1.40 bits per heavy atom. The third-order valence-corrected chi connectivity index (χ3v) is 1.91. The van der Waals surface area contributed by atoms with Crippen LogP contribution >= 0.6 is 11.6 Å². The minimum Gasteiger partial charge on any atom is -0.531 e. The minimum absolute atomic E-state index is 0. The Bertz CT molecular complexity index is 441. The van der Waals surface area contributed by atoms with Gasteiger partial charge in [-0.25, -0.2) is 0 Å². The van der Waals surface area contributed by atoms with E-state index in [-0.39, 0.29) is 67.8 Å². The van der Waals surface area contributed by atoms with Gasteiger partial charge < -0.3 is 12.6 Å². The first kappa shape index (κ1) is 15.3. The van der Waals surface area contributed by atoms with E-state index < -0.39 is 15.9 Å². The third-order valence-electron chi connectivity index (χ3n) is 1.28. The van der Waals surface area contributed by atoms with Crippen LogP contribution in [0.1, 0.15) is 0 Å². The summed E-state index contributed by atoms with van der Waals surface area (Å²) in [6.45, 7) is 0. The number of hydrogen-bond donors (Lipinski definition) is 0. The second-order valence-corrected chi connectivity index (χ2v) is 3.14. The molecule has 6 nitrogen and oxygen atoms in total. The molecule has 0 spiro atoms. The van der Waals surface area contributed by atoms with Gasteiger partial charge in [0.15, 0.2) is 0 Å². The molecule has 1 aromatic carbocycles. The fourth-order valence-corrected chi connectivity index (χ4v) is 1.23. The Labute approximate surface area is 134 Å². The second-order valence-electron chi connectivity index (χ2n) is 2.16. The average Bonchev–Trinajstić information content (AvgIpc) is 2.07. The number of rotatable bonds is 3. The fourth-order valence-electron chi connectivity index (χ4n) is 0.743. The Hall–Kier alpha value is 0.296. The van der Waals surface area contributed by atoms with Gasteiger partial charge >= 0.3 is 51.4 Å². The van der Waals surface area contributed by atoms with Crippen LogP contribution in [0, 0.1) is 10.1 Å². The van der Waals surface area contributed by atoms with Crippen molar-refractivity contribution in [3.05, 3.63) is 33.3 Å². The molecule has 0 bridgehead atoms. The van der Waals surface area contributed by atoms with E-state index >= 15 is 0 Å². The quantitative estimate of drug-likeness (QED) is 0.301. The van der Waals surface area contributed by atoms with Crippen molar-refractivity contribution in [2.45, 2.75) is 0 Å². The van der Waals surface area contributed by atoms with Crippen molar-refractivity contribution in [2.24, 2.45) is 0 Å². The summed E-state index contributed by atoms with van der Waals surface area (Å²) in [5, 5.41) is 10.3. The van der Waals surface area contributed by atoms with Crippen LogP contribution in [-0.4, -0.2) is 4.92 Å². The van der Waals surface area contributed by atoms with Gasteiger partial charge in [-0.15, -0.1) is 0 Å². The van der Waals surface area contributed by atoms with Crippen molar-refractivity contribution < 1.29 is 68.9 Å². The molecular weight excluding hydrogens is 273 g/mol. The molecule has 9 heteroatoms. The van der Waals surface area contributed by atoms with Gasteiger partial charge in [-0.05, 0) is 6.07 Å². The van der Waals surface area contributed by atoms with E-state index in [1.54, 1.807) is 0 Å². The Morgan fingerprint density at radius 3 is 2.47 bits per heavy atom. The van der Waals surface area contributed by atoms with Gasteiger partial charge in [0.2, 0.25) is 0 Å². The summed E-state index contributed by atoms with van der Waals surface area (Å²) >= 11 is 5.52. The van der Waals surface area contributed by atoms with Crippen LogP contribution in [0.4, 0.5) is 5.69 Å². The molecule has 0 unspecified atom stereocenters. The van der Waals surface area contributed by atoms with E-state index in [4.69, 9.17) is 11.6 Å². The molecule has 0 saturated heterocycles. The maximum absolute atomic E-state index is 10.3. The number of benzene rings is 1. The molecular formula is C6H3ClKNO5S. The van der Waals surface area contributed by atoms with Crippen molar-refractivity contribution in [1.29, 1.82) is 0 Å². The van der Waals surface area contributed by atoms with Crippen LogP contribution in [0.5, 0.6) is 5.75 Å². The van der Waals surface area contributed by atoms with Crippen molar-refractivity contribution >= 4 is 28.3 Å². The zero-order chi connectivity index (χ0) is 10.7. The van der Waals surface area contributed by atoms with Crippen LogP contribution in [0.2, 0.25) is 5.02 Å². The van der Waals surface area contributed by atoms with Crippen LogP contribution in [0.25, 0.3) is 0 Å². The minimum atomic E-state index is -2.81. The van der Waals surface area contributed by atoms with Crippen LogP contribution in [0.15, 0.2) is 18.2 Å². The molecule has 0 saturated carbocycles. The smallest absolute Gasteiger partial charge is 0.531 e. The van der Waals surface area contributed by atoms with Crippen molar-refractivity contribution in [3.8, 4) is 5.75 Å². The van der Waals surface area contributed by atoms with E-state index in [0.717, 1.165) is 12.1 Å². The number of non-ortho nitro benzene ring substituents is 1. The fraction of sp³-hybridized carbons (Fsp3) is 0. The van der Waals surface area contributed by atoms with Crippen LogP contribution in [0.3, 0.4) is 0 Å².